The lowest BCUT2D eigenvalue weighted by Gasteiger charge is -2.34. The number of aliphatic hydroxyl groups is 3. The average molecular weight is 1160 g/mol. The van der Waals surface area contributed by atoms with Crippen molar-refractivity contribution in [2.24, 2.45) is 11.8 Å². The van der Waals surface area contributed by atoms with Crippen molar-refractivity contribution in [1.29, 1.82) is 0 Å². The molecule has 0 radical (unpaired) electrons. The lowest BCUT2D eigenvalue weighted by atomic mass is 9.98. The van der Waals surface area contributed by atoms with Crippen LogP contribution in [-0.4, -0.2) is 155 Å². The Labute approximate surface area is 473 Å². The van der Waals surface area contributed by atoms with E-state index in [-0.39, 0.29) is 57.3 Å². The number of nitrogens with one attached hydrogen (secondary N) is 2. The summed E-state index contributed by atoms with van der Waals surface area (Å²) in [5.41, 5.74) is 0.536. The third-order valence-electron chi connectivity index (χ3n) is 13.2. The smallest absolute Gasteiger partial charge is 0.303 e. The maximum Gasteiger partial charge on any atom is 0.303 e. The number of hydrogen-bond acceptors (Lipinski definition) is 15. The molecule has 0 saturated carbocycles. The third-order valence-corrected chi connectivity index (χ3v) is 13.2. The summed E-state index contributed by atoms with van der Waals surface area (Å²) in [5, 5.41) is 36.2. The lowest BCUT2D eigenvalue weighted by molar-refractivity contribution is -0.192. The van der Waals surface area contributed by atoms with Crippen molar-refractivity contribution in [2.75, 3.05) is 27.3 Å². The van der Waals surface area contributed by atoms with Gasteiger partial charge in [0.05, 0.1) is 0 Å². The van der Waals surface area contributed by atoms with Crippen molar-refractivity contribution >= 4 is 41.5 Å². The normalized spacial score (nSPS) is 19.5. The first-order valence-corrected chi connectivity index (χ1v) is 26.4. The van der Waals surface area contributed by atoms with E-state index < -0.39 is 126 Å². The molecule has 2 aromatic rings. The zero-order chi connectivity index (χ0) is 59.1. The van der Waals surface area contributed by atoms with Crippen molar-refractivity contribution in [3.63, 3.8) is 0 Å². The van der Waals surface area contributed by atoms with Gasteiger partial charge in [0.1, 0.15) is 53.7 Å². The second-order valence-electron chi connectivity index (χ2n) is 19.7. The maximum atomic E-state index is 13.8. The van der Waals surface area contributed by atoms with Crippen LogP contribution in [0, 0.1) is 35.1 Å². The summed E-state index contributed by atoms with van der Waals surface area (Å²) in [5.74, 6) is -7.80. The summed E-state index contributed by atoms with van der Waals surface area (Å²) in [6.07, 6.45) is -1.56. The molecule has 2 aliphatic heterocycles. The molecule has 4 amide bonds. The van der Waals surface area contributed by atoms with Gasteiger partial charge in [-0.15, -0.1) is 0 Å². The Hall–Kier alpha value is -6.27. The Bertz CT molecular complexity index is 2370. The molecule has 19 nitrogen and oxygen atoms in total. The van der Waals surface area contributed by atoms with E-state index in [1.807, 2.05) is 27.7 Å². The van der Waals surface area contributed by atoms with Crippen LogP contribution in [0.5, 0.6) is 0 Å². The molecule has 0 spiro atoms. The molecule has 2 heterocycles. The van der Waals surface area contributed by atoms with Crippen LogP contribution in [0.3, 0.4) is 0 Å². The van der Waals surface area contributed by atoms with E-state index >= 15 is 0 Å². The summed E-state index contributed by atoms with van der Waals surface area (Å²) in [4.78, 5) is 92.3. The number of amides is 4. The van der Waals surface area contributed by atoms with E-state index in [0.717, 1.165) is 70.0 Å². The van der Waals surface area contributed by atoms with Gasteiger partial charge in [-0.25, -0.2) is 17.6 Å². The molecule has 2 unspecified atom stereocenters. The fraction of sp³-hybridized carbons (Fsp3) is 0.603. The molecule has 4 rings (SSSR count). The standard InChI is InChI=1S/C31H42F2N2O9.C25H36F2N2O6.2CH4/c1-7-18(2)11-12-26(42-19(3)36)27(43-20(4)37)28(44-21(5)38)29(41-6)30(39)34-25-10-8-9-13-35(31(25)40)17-22-14-23(32)16-24(33)15-22;1-4-15(2)8-9-20(30)21(31)22(32)23(35-3)24(33)28-19-7-5-6-10-29(25(19)34)14-16-11-17(26)13-18(27)12-16;;/h11-12,14-16,18,25-29H,7-10,13,17H2,1-6H3,(H,34,39);8-9,11-13,15,19-23,30-32H,4-7,10,14H2,1-3H3,(H,28,33);2*1H4/b12-11+;9-8+;;/t18?,25-,26+,27-,28+,29+;15?,19-,20+,21-,22+,23+;;/m00../s1. The summed E-state index contributed by atoms with van der Waals surface area (Å²) in [6, 6.07) is 4.05. The molecule has 81 heavy (non-hydrogen) atoms. The number of carbonyl (C=O) groups is 7. The highest BCUT2D eigenvalue weighted by Gasteiger charge is 2.45. The number of hydrogen-bond donors (Lipinski definition) is 5. The van der Waals surface area contributed by atoms with Gasteiger partial charge in [-0.05, 0) is 91.8 Å². The fourth-order valence-corrected chi connectivity index (χ4v) is 8.72. The van der Waals surface area contributed by atoms with Crippen LogP contribution in [-0.2, 0) is 70.3 Å². The van der Waals surface area contributed by atoms with E-state index in [9.17, 15) is 66.4 Å². The number of carbonyl (C=O) groups excluding carboxylic acids is 7. The SMILES string of the molecule is C.C.CCC(C)/C=C/[C@@H](O)[C@H](O)[C@@H](O)[C@@H](OC)C(=O)N[C@H]1CCCCN(Cc2cc(F)cc(F)c2)C1=O.CCC(C)/C=C/[C@@H](OC(C)=O)[C@H](OC(C)=O)[C@@H](OC(C)=O)[C@@H](OC)C(=O)N[C@H]1CCCCN(Cc2cc(F)cc(F)c2)C1=O. The number of methoxy groups -OCH3 is 2. The van der Waals surface area contributed by atoms with Crippen molar-refractivity contribution in [3.05, 3.63) is 95.1 Å². The van der Waals surface area contributed by atoms with Crippen molar-refractivity contribution in [3.8, 4) is 0 Å². The minimum Gasteiger partial charge on any atom is -0.455 e. The van der Waals surface area contributed by atoms with Gasteiger partial charge in [0.2, 0.25) is 11.8 Å². The first-order chi connectivity index (χ1) is 37.3. The van der Waals surface area contributed by atoms with Crippen LogP contribution in [0.1, 0.15) is 126 Å². The Balaban J connectivity index is 0.000000810. The molecule has 2 fully saturated rings. The number of esters is 3. The van der Waals surface area contributed by atoms with Gasteiger partial charge in [-0.2, -0.15) is 0 Å². The lowest BCUT2D eigenvalue weighted by Crippen LogP contribution is -2.58. The zero-order valence-corrected chi connectivity index (χ0v) is 46.3. The van der Waals surface area contributed by atoms with Crippen molar-refractivity contribution < 1.29 is 90.1 Å². The summed E-state index contributed by atoms with van der Waals surface area (Å²) in [6.45, 7) is 11.6. The number of benzene rings is 2. The first kappa shape index (κ1) is 72.7. The molecular formula is C58H86F4N4O15. The fourth-order valence-electron chi connectivity index (χ4n) is 8.72. The van der Waals surface area contributed by atoms with Gasteiger partial charge in [-0.1, -0.05) is 73.6 Å². The number of allylic oxidation sites excluding steroid dienone is 2. The van der Waals surface area contributed by atoms with Crippen LogP contribution in [0.4, 0.5) is 17.6 Å². The Kier molecular flexibility index (Phi) is 32.6. The van der Waals surface area contributed by atoms with E-state index in [1.165, 1.54) is 36.2 Å². The quantitative estimate of drug-likeness (QED) is 0.0316. The molecular weight excluding hydrogens is 1070 g/mol. The third kappa shape index (κ3) is 24.0. The number of nitrogens with zero attached hydrogens (tertiary/aromatic N) is 2. The minimum atomic E-state index is -1.76. The molecule has 2 aromatic carbocycles. The van der Waals surface area contributed by atoms with Crippen LogP contribution in [0.15, 0.2) is 60.7 Å². The van der Waals surface area contributed by atoms with E-state index in [4.69, 9.17) is 23.7 Å². The maximum absolute atomic E-state index is 13.8. The van der Waals surface area contributed by atoms with Crippen LogP contribution >= 0.6 is 0 Å². The molecule has 2 saturated heterocycles. The Morgan fingerprint density at radius 1 is 0.580 bits per heavy atom. The van der Waals surface area contributed by atoms with Crippen LogP contribution in [0.25, 0.3) is 0 Å². The van der Waals surface area contributed by atoms with Gasteiger partial charge in [-0.3, -0.25) is 33.6 Å². The number of halogens is 4. The van der Waals surface area contributed by atoms with Gasteiger partial charge in [0, 0.05) is 73.3 Å². The van der Waals surface area contributed by atoms with E-state index in [2.05, 4.69) is 10.6 Å². The first-order valence-electron chi connectivity index (χ1n) is 26.4. The predicted molar refractivity (Wildman–Crippen MR) is 292 cm³/mol. The Morgan fingerprint density at radius 3 is 1.35 bits per heavy atom. The van der Waals surface area contributed by atoms with Crippen LogP contribution < -0.4 is 10.6 Å². The minimum absolute atomic E-state index is 0. The summed E-state index contributed by atoms with van der Waals surface area (Å²) in [7, 11) is 2.34. The van der Waals surface area contributed by atoms with Gasteiger partial charge < -0.3 is 59.4 Å². The van der Waals surface area contributed by atoms with Gasteiger partial charge in [0.25, 0.3) is 11.8 Å². The highest BCUT2D eigenvalue weighted by Crippen LogP contribution is 2.24. The molecule has 0 aromatic heterocycles. The number of ether oxygens (including phenoxy) is 5. The summed E-state index contributed by atoms with van der Waals surface area (Å²) < 4.78 is 81.5. The molecule has 12 atom stereocenters. The second kappa shape index (κ2) is 36.2. The zero-order valence-electron chi connectivity index (χ0n) is 46.3. The van der Waals surface area contributed by atoms with Gasteiger partial charge >= 0.3 is 17.9 Å². The molecule has 0 aliphatic carbocycles. The average Bonchev–Trinajstić information content (AvgIpc) is 3.67. The highest BCUT2D eigenvalue weighted by atomic mass is 19.1. The number of rotatable bonds is 25. The van der Waals surface area contributed by atoms with Crippen molar-refractivity contribution in [1.82, 2.24) is 20.4 Å². The second-order valence-corrected chi connectivity index (χ2v) is 19.7. The summed E-state index contributed by atoms with van der Waals surface area (Å²) >= 11 is 0. The van der Waals surface area contributed by atoms with Crippen molar-refractivity contribution in [2.45, 2.75) is 189 Å². The Morgan fingerprint density at radius 2 is 0.963 bits per heavy atom. The molecule has 5 N–H and O–H groups in total. The molecule has 456 valence electrons. The predicted octanol–water partition coefficient (Wildman–Crippen LogP) is 6.31. The molecule has 23 heteroatoms. The van der Waals surface area contributed by atoms with E-state index in [1.54, 1.807) is 12.2 Å². The number of aliphatic hydroxyl groups excluding tert-OH is 3. The monoisotopic (exact) mass is 1150 g/mol. The molecule has 0 bridgehead atoms. The largest absolute Gasteiger partial charge is 0.455 e. The van der Waals surface area contributed by atoms with E-state index in [0.29, 0.717) is 45.2 Å². The highest BCUT2D eigenvalue weighted by molar-refractivity contribution is 5.91. The van der Waals surface area contributed by atoms with Crippen LogP contribution in [0.2, 0.25) is 0 Å². The topological polar surface area (TPSA) is 257 Å². The molecule has 2 aliphatic rings. The van der Waals surface area contributed by atoms with Gasteiger partial charge in [0.15, 0.2) is 30.5 Å². The number of likely N-dealkylation sites (tertiary alicyclic amines) is 2.